The molecule has 2 nitrogen and oxygen atoms in total. The fraction of sp³-hybridized carbons (Fsp3) is 0.333. The molecule has 0 saturated heterocycles. The van der Waals surface area contributed by atoms with Gasteiger partial charge in [0.05, 0.1) is 0 Å². The summed E-state index contributed by atoms with van der Waals surface area (Å²) in [5.41, 5.74) is 6.64. The molecule has 0 saturated carbocycles. The van der Waals surface area contributed by atoms with Crippen LogP contribution in [0.15, 0.2) is 42.5 Å². The van der Waals surface area contributed by atoms with E-state index >= 15 is 0 Å². The molecule has 20 heavy (non-hydrogen) atoms. The Morgan fingerprint density at radius 2 is 1.75 bits per heavy atom. The maximum Gasteiger partial charge on any atom is 0.0456 e. The average molecular weight is 266 g/mol. The lowest BCUT2D eigenvalue weighted by atomic mass is 10.1. The minimum Gasteiger partial charge on any atom is -0.340 e. The molecular formula is C18H22N2. The highest BCUT2D eigenvalue weighted by Gasteiger charge is 2.20. The van der Waals surface area contributed by atoms with E-state index in [1.165, 1.54) is 28.1 Å². The van der Waals surface area contributed by atoms with E-state index in [4.69, 9.17) is 0 Å². The van der Waals surface area contributed by atoms with Crippen LogP contribution in [0.2, 0.25) is 0 Å². The van der Waals surface area contributed by atoms with Gasteiger partial charge in [0.15, 0.2) is 0 Å². The molecular weight excluding hydrogens is 244 g/mol. The van der Waals surface area contributed by atoms with Crippen molar-refractivity contribution in [1.29, 1.82) is 0 Å². The van der Waals surface area contributed by atoms with Crippen molar-refractivity contribution < 1.29 is 0 Å². The number of nitrogens with zero attached hydrogens (tertiary/aromatic N) is 1. The Kier molecular flexibility index (Phi) is 3.49. The molecule has 1 atom stereocenters. The first-order valence-corrected chi connectivity index (χ1v) is 7.30. The molecule has 0 fully saturated rings. The normalized spacial score (nSPS) is 18.6. The van der Waals surface area contributed by atoms with Crippen molar-refractivity contribution in [3.05, 3.63) is 59.2 Å². The van der Waals surface area contributed by atoms with E-state index in [0.29, 0.717) is 6.04 Å². The number of benzene rings is 2. The summed E-state index contributed by atoms with van der Waals surface area (Å²) in [5, 5.41) is 3.59. The standard InChI is InChI=1S/C18H22N2/c1-13-8-14(2)10-17(9-13)20-12-15(3)19-11-16-6-4-5-7-18(16)20/h4-10,15,19H,11-12H2,1-3H3. The third-order valence-electron chi connectivity index (χ3n) is 3.90. The van der Waals surface area contributed by atoms with Gasteiger partial charge < -0.3 is 10.2 Å². The van der Waals surface area contributed by atoms with Gasteiger partial charge in [-0.1, -0.05) is 24.3 Å². The van der Waals surface area contributed by atoms with Gasteiger partial charge in [-0.05, 0) is 55.7 Å². The number of nitrogens with one attached hydrogen (secondary N) is 1. The molecule has 0 bridgehead atoms. The lowest BCUT2D eigenvalue weighted by Crippen LogP contribution is -2.33. The van der Waals surface area contributed by atoms with Crippen LogP contribution in [0.4, 0.5) is 11.4 Å². The number of aryl methyl sites for hydroxylation is 2. The second kappa shape index (κ2) is 5.29. The van der Waals surface area contributed by atoms with Gasteiger partial charge >= 0.3 is 0 Å². The first-order chi connectivity index (χ1) is 9.63. The summed E-state index contributed by atoms with van der Waals surface area (Å²) in [6.07, 6.45) is 0. The third-order valence-corrected chi connectivity index (χ3v) is 3.90. The lowest BCUT2D eigenvalue weighted by Gasteiger charge is -2.27. The molecule has 1 N–H and O–H groups in total. The highest BCUT2D eigenvalue weighted by Crippen LogP contribution is 2.31. The quantitative estimate of drug-likeness (QED) is 0.841. The topological polar surface area (TPSA) is 15.3 Å². The maximum atomic E-state index is 3.59. The number of anilines is 2. The summed E-state index contributed by atoms with van der Waals surface area (Å²) < 4.78 is 0. The number of hydrogen-bond donors (Lipinski definition) is 1. The maximum absolute atomic E-state index is 3.59. The molecule has 2 aromatic carbocycles. The Balaban J connectivity index is 2.10. The van der Waals surface area contributed by atoms with Crippen LogP contribution < -0.4 is 10.2 Å². The van der Waals surface area contributed by atoms with Crippen LogP contribution in [0, 0.1) is 13.8 Å². The molecule has 1 heterocycles. The molecule has 0 aromatic heterocycles. The van der Waals surface area contributed by atoms with E-state index in [0.717, 1.165) is 13.1 Å². The van der Waals surface area contributed by atoms with E-state index in [1.807, 2.05) is 0 Å². The van der Waals surface area contributed by atoms with Gasteiger partial charge in [-0.15, -0.1) is 0 Å². The fourth-order valence-corrected chi connectivity index (χ4v) is 3.00. The van der Waals surface area contributed by atoms with Crippen LogP contribution in [0.25, 0.3) is 0 Å². The van der Waals surface area contributed by atoms with E-state index in [-0.39, 0.29) is 0 Å². The molecule has 2 aromatic rings. The minimum atomic E-state index is 0.475. The van der Waals surface area contributed by atoms with Gasteiger partial charge in [0.25, 0.3) is 0 Å². The van der Waals surface area contributed by atoms with Crippen LogP contribution in [-0.2, 0) is 6.54 Å². The Bertz CT molecular complexity index is 598. The summed E-state index contributed by atoms with van der Waals surface area (Å²) in [6, 6.07) is 16.0. The van der Waals surface area contributed by atoms with Gasteiger partial charge in [0.2, 0.25) is 0 Å². The van der Waals surface area contributed by atoms with Gasteiger partial charge in [0.1, 0.15) is 0 Å². The third kappa shape index (κ3) is 2.56. The zero-order valence-electron chi connectivity index (χ0n) is 12.5. The zero-order chi connectivity index (χ0) is 14.1. The smallest absolute Gasteiger partial charge is 0.0456 e. The summed E-state index contributed by atoms with van der Waals surface area (Å²) in [5.74, 6) is 0. The summed E-state index contributed by atoms with van der Waals surface area (Å²) in [7, 11) is 0. The van der Waals surface area contributed by atoms with Gasteiger partial charge in [0, 0.05) is 30.5 Å². The predicted octanol–water partition coefficient (Wildman–Crippen LogP) is 3.93. The molecule has 0 spiro atoms. The van der Waals surface area contributed by atoms with Gasteiger partial charge in [-0.3, -0.25) is 0 Å². The second-order valence-electron chi connectivity index (χ2n) is 5.87. The molecule has 1 aliphatic rings. The van der Waals surface area contributed by atoms with E-state index in [1.54, 1.807) is 0 Å². The predicted molar refractivity (Wildman–Crippen MR) is 85.7 cm³/mol. The summed E-state index contributed by atoms with van der Waals surface area (Å²) in [6.45, 7) is 8.53. The Hall–Kier alpha value is -1.80. The number of fused-ring (bicyclic) bond motifs is 1. The monoisotopic (exact) mass is 266 g/mol. The van der Waals surface area contributed by atoms with Crippen molar-refractivity contribution in [2.45, 2.75) is 33.4 Å². The Labute approximate surface area is 121 Å². The number of hydrogen-bond acceptors (Lipinski definition) is 2. The molecule has 2 heteroatoms. The molecule has 3 rings (SSSR count). The molecule has 1 aliphatic heterocycles. The van der Waals surface area contributed by atoms with E-state index < -0.39 is 0 Å². The average Bonchev–Trinajstić information content (AvgIpc) is 2.58. The molecule has 0 aliphatic carbocycles. The van der Waals surface area contributed by atoms with E-state index in [2.05, 4.69) is 73.5 Å². The highest BCUT2D eigenvalue weighted by molar-refractivity contribution is 5.68. The van der Waals surface area contributed by atoms with Gasteiger partial charge in [-0.25, -0.2) is 0 Å². The van der Waals surface area contributed by atoms with Crippen molar-refractivity contribution in [2.24, 2.45) is 0 Å². The Morgan fingerprint density at radius 1 is 1.05 bits per heavy atom. The number of para-hydroxylation sites is 1. The second-order valence-corrected chi connectivity index (χ2v) is 5.87. The SMILES string of the molecule is Cc1cc(C)cc(N2CC(C)NCc3ccccc32)c1. The molecule has 0 amide bonds. The van der Waals surface area contributed by atoms with Crippen molar-refractivity contribution in [3.63, 3.8) is 0 Å². The van der Waals surface area contributed by atoms with Crippen LogP contribution in [0.5, 0.6) is 0 Å². The van der Waals surface area contributed by atoms with Crippen LogP contribution in [0.3, 0.4) is 0 Å². The molecule has 0 radical (unpaired) electrons. The van der Waals surface area contributed by atoms with E-state index in [9.17, 15) is 0 Å². The summed E-state index contributed by atoms with van der Waals surface area (Å²) >= 11 is 0. The highest BCUT2D eigenvalue weighted by atomic mass is 15.2. The van der Waals surface area contributed by atoms with Crippen molar-refractivity contribution in [2.75, 3.05) is 11.4 Å². The van der Waals surface area contributed by atoms with Crippen LogP contribution in [-0.4, -0.2) is 12.6 Å². The van der Waals surface area contributed by atoms with Crippen LogP contribution >= 0.6 is 0 Å². The van der Waals surface area contributed by atoms with Gasteiger partial charge in [-0.2, -0.15) is 0 Å². The molecule has 1 unspecified atom stereocenters. The first kappa shape index (κ1) is 13.2. The summed E-state index contributed by atoms with van der Waals surface area (Å²) in [4.78, 5) is 2.44. The Morgan fingerprint density at radius 3 is 2.50 bits per heavy atom. The van der Waals surface area contributed by atoms with Crippen molar-refractivity contribution in [3.8, 4) is 0 Å². The fourth-order valence-electron chi connectivity index (χ4n) is 3.00. The largest absolute Gasteiger partial charge is 0.340 e. The lowest BCUT2D eigenvalue weighted by molar-refractivity contribution is 0.568. The minimum absolute atomic E-state index is 0.475. The number of rotatable bonds is 1. The van der Waals surface area contributed by atoms with Crippen LogP contribution in [0.1, 0.15) is 23.6 Å². The molecule has 104 valence electrons. The van der Waals surface area contributed by atoms with Crippen molar-refractivity contribution >= 4 is 11.4 Å². The first-order valence-electron chi connectivity index (χ1n) is 7.30. The van der Waals surface area contributed by atoms with Crippen molar-refractivity contribution in [1.82, 2.24) is 5.32 Å². The zero-order valence-corrected chi connectivity index (χ0v) is 12.5.